The first-order valence-electron chi connectivity index (χ1n) is 3.88. The van der Waals surface area contributed by atoms with Gasteiger partial charge in [0.2, 0.25) is 0 Å². The molecule has 0 aliphatic heterocycles. The smallest absolute Gasteiger partial charge is 0.261 e. The van der Waals surface area contributed by atoms with E-state index in [1.165, 1.54) is 0 Å². The lowest BCUT2D eigenvalue weighted by Crippen LogP contribution is -1.93. The van der Waals surface area contributed by atoms with E-state index in [2.05, 4.69) is 31.1 Å². The maximum Gasteiger partial charge on any atom is 0.261 e. The molecule has 0 saturated carbocycles. The number of aromatic nitrogens is 3. The van der Waals surface area contributed by atoms with E-state index in [4.69, 9.17) is 10.3 Å². The zero-order chi connectivity index (χ0) is 10.1. The lowest BCUT2D eigenvalue weighted by molar-refractivity contribution is 0.425. The fraction of sp³-hybridized carbons (Fsp3) is 0.125. The molecule has 2 heterocycles. The van der Waals surface area contributed by atoms with Gasteiger partial charge in [-0.25, -0.2) is 4.98 Å². The number of nitrogens with zero attached hydrogens (tertiary/aromatic N) is 3. The van der Waals surface area contributed by atoms with Crippen LogP contribution in [-0.2, 0) is 0 Å². The molecule has 0 bridgehead atoms. The van der Waals surface area contributed by atoms with Crippen molar-refractivity contribution in [2.45, 2.75) is 6.92 Å². The Bertz CT molecular complexity index is 468. The van der Waals surface area contributed by atoms with E-state index in [0.717, 1.165) is 4.47 Å². The molecular formula is C8H7BrN4O. The summed E-state index contributed by atoms with van der Waals surface area (Å²) in [4.78, 5) is 8.03. The van der Waals surface area contributed by atoms with E-state index < -0.39 is 0 Å². The van der Waals surface area contributed by atoms with E-state index in [0.29, 0.717) is 23.1 Å². The van der Waals surface area contributed by atoms with Gasteiger partial charge in [0.1, 0.15) is 5.82 Å². The average molecular weight is 255 g/mol. The number of hydrogen-bond acceptors (Lipinski definition) is 5. The molecule has 0 fully saturated rings. The van der Waals surface area contributed by atoms with Crippen LogP contribution < -0.4 is 5.73 Å². The van der Waals surface area contributed by atoms with Gasteiger partial charge in [0, 0.05) is 10.7 Å². The van der Waals surface area contributed by atoms with Crippen molar-refractivity contribution in [2.75, 3.05) is 5.73 Å². The molecule has 0 saturated heterocycles. The summed E-state index contributed by atoms with van der Waals surface area (Å²) in [6, 6.07) is 1.79. The van der Waals surface area contributed by atoms with Crippen LogP contribution in [0.1, 0.15) is 5.82 Å². The highest BCUT2D eigenvalue weighted by atomic mass is 79.9. The highest BCUT2D eigenvalue weighted by molar-refractivity contribution is 9.10. The summed E-state index contributed by atoms with van der Waals surface area (Å²) in [6.07, 6.45) is 1.61. The van der Waals surface area contributed by atoms with Gasteiger partial charge in [-0.2, -0.15) is 4.98 Å². The third-order valence-electron chi connectivity index (χ3n) is 1.64. The molecule has 2 aromatic heterocycles. The van der Waals surface area contributed by atoms with E-state index in [-0.39, 0.29) is 0 Å². The van der Waals surface area contributed by atoms with Crippen LogP contribution in [0.15, 0.2) is 21.3 Å². The molecule has 2 aromatic rings. The molecule has 0 radical (unpaired) electrons. The Morgan fingerprint density at radius 1 is 1.50 bits per heavy atom. The predicted octanol–water partition coefficient (Wildman–Crippen LogP) is 1.78. The van der Waals surface area contributed by atoms with Crippen molar-refractivity contribution in [1.82, 2.24) is 15.1 Å². The summed E-state index contributed by atoms with van der Waals surface area (Å²) in [7, 11) is 0. The van der Waals surface area contributed by atoms with E-state index in [1.807, 2.05) is 0 Å². The van der Waals surface area contributed by atoms with Crippen molar-refractivity contribution < 1.29 is 4.52 Å². The summed E-state index contributed by atoms with van der Waals surface area (Å²) in [6.45, 7) is 1.74. The lowest BCUT2D eigenvalue weighted by Gasteiger charge is -1.98. The molecule has 0 aliphatic rings. The molecule has 14 heavy (non-hydrogen) atoms. The van der Waals surface area contributed by atoms with Gasteiger partial charge in [0.25, 0.3) is 5.89 Å². The maximum absolute atomic E-state index is 5.67. The second-order valence-corrected chi connectivity index (χ2v) is 3.65. The lowest BCUT2D eigenvalue weighted by atomic mass is 10.2. The predicted molar refractivity (Wildman–Crippen MR) is 54.4 cm³/mol. The third-order valence-corrected chi connectivity index (χ3v) is 2.08. The molecule has 0 aliphatic carbocycles. The Morgan fingerprint density at radius 3 is 2.93 bits per heavy atom. The first-order valence-corrected chi connectivity index (χ1v) is 4.68. The Balaban J connectivity index is 2.55. The van der Waals surface area contributed by atoms with Crippen LogP contribution in [0, 0.1) is 6.92 Å². The number of hydrogen-bond donors (Lipinski definition) is 1. The van der Waals surface area contributed by atoms with Gasteiger partial charge in [0.15, 0.2) is 5.82 Å². The standard InChI is InChI=1S/C8H7BrN4O/c1-4-12-8(14-13-4)6-2-5(9)3-11-7(6)10/h2-3H,1H3,(H2,10,11). The minimum atomic E-state index is 0.372. The number of rotatable bonds is 1. The van der Waals surface area contributed by atoms with Crippen LogP contribution in [0.25, 0.3) is 11.5 Å². The van der Waals surface area contributed by atoms with Crippen LogP contribution >= 0.6 is 15.9 Å². The number of pyridine rings is 1. The number of nitrogen functional groups attached to an aromatic ring is 1. The monoisotopic (exact) mass is 254 g/mol. The first-order chi connectivity index (χ1) is 6.66. The van der Waals surface area contributed by atoms with Crippen molar-refractivity contribution in [3.63, 3.8) is 0 Å². The highest BCUT2D eigenvalue weighted by Gasteiger charge is 2.11. The number of halogens is 1. The number of aryl methyl sites for hydroxylation is 1. The summed E-state index contributed by atoms with van der Waals surface area (Å²) in [5, 5.41) is 3.68. The molecule has 0 amide bonds. The summed E-state index contributed by atoms with van der Waals surface area (Å²) >= 11 is 3.29. The summed E-state index contributed by atoms with van der Waals surface area (Å²) in [5.74, 6) is 1.32. The summed E-state index contributed by atoms with van der Waals surface area (Å²) < 4.78 is 5.80. The zero-order valence-corrected chi connectivity index (χ0v) is 8.95. The first kappa shape index (κ1) is 9.14. The van der Waals surface area contributed by atoms with Crippen molar-refractivity contribution in [1.29, 1.82) is 0 Å². The molecule has 2 N–H and O–H groups in total. The number of anilines is 1. The van der Waals surface area contributed by atoms with E-state index >= 15 is 0 Å². The van der Waals surface area contributed by atoms with Crippen molar-refractivity contribution in [3.05, 3.63) is 22.6 Å². The Morgan fingerprint density at radius 2 is 2.29 bits per heavy atom. The molecule has 6 heteroatoms. The second-order valence-electron chi connectivity index (χ2n) is 2.73. The minimum Gasteiger partial charge on any atom is -0.383 e. The Labute approximate surface area is 88.5 Å². The zero-order valence-electron chi connectivity index (χ0n) is 7.36. The van der Waals surface area contributed by atoms with Gasteiger partial charge in [-0.05, 0) is 28.9 Å². The van der Waals surface area contributed by atoms with Gasteiger partial charge in [-0.15, -0.1) is 0 Å². The fourth-order valence-corrected chi connectivity index (χ4v) is 1.36. The van der Waals surface area contributed by atoms with Gasteiger partial charge in [0.05, 0.1) is 5.56 Å². The van der Waals surface area contributed by atoms with Gasteiger partial charge in [-0.3, -0.25) is 0 Å². The molecular weight excluding hydrogens is 248 g/mol. The van der Waals surface area contributed by atoms with Crippen molar-refractivity contribution in [2.24, 2.45) is 0 Å². The number of nitrogens with two attached hydrogens (primary N) is 1. The molecule has 0 unspecified atom stereocenters. The molecule has 0 spiro atoms. The second kappa shape index (κ2) is 3.38. The Hall–Kier alpha value is -1.43. The summed E-state index contributed by atoms with van der Waals surface area (Å²) in [5.41, 5.74) is 6.31. The van der Waals surface area contributed by atoms with E-state index in [1.54, 1.807) is 19.2 Å². The molecule has 5 nitrogen and oxygen atoms in total. The van der Waals surface area contributed by atoms with Crippen LogP contribution in [0.3, 0.4) is 0 Å². The van der Waals surface area contributed by atoms with Crippen LogP contribution in [0.4, 0.5) is 5.82 Å². The van der Waals surface area contributed by atoms with Crippen molar-refractivity contribution >= 4 is 21.7 Å². The SMILES string of the molecule is Cc1noc(-c2cc(Br)cnc2N)n1. The average Bonchev–Trinajstić information content (AvgIpc) is 2.56. The minimum absolute atomic E-state index is 0.372. The molecule has 2 rings (SSSR count). The fourth-order valence-electron chi connectivity index (χ4n) is 1.03. The van der Waals surface area contributed by atoms with Gasteiger partial charge < -0.3 is 10.3 Å². The van der Waals surface area contributed by atoms with Gasteiger partial charge >= 0.3 is 0 Å². The Kier molecular flexibility index (Phi) is 2.20. The molecule has 72 valence electrons. The van der Waals surface area contributed by atoms with Gasteiger partial charge in [-0.1, -0.05) is 5.16 Å². The van der Waals surface area contributed by atoms with Crippen molar-refractivity contribution in [3.8, 4) is 11.5 Å². The highest BCUT2D eigenvalue weighted by Crippen LogP contribution is 2.25. The van der Waals surface area contributed by atoms with E-state index in [9.17, 15) is 0 Å². The van der Waals surface area contributed by atoms with Crippen LogP contribution in [0.2, 0.25) is 0 Å². The molecule has 0 aromatic carbocycles. The third kappa shape index (κ3) is 1.60. The normalized spacial score (nSPS) is 10.4. The van der Waals surface area contributed by atoms with Crippen LogP contribution in [-0.4, -0.2) is 15.1 Å². The quantitative estimate of drug-likeness (QED) is 0.840. The van der Waals surface area contributed by atoms with Crippen LogP contribution in [0.5, 0.6) is 0 Å². The largest absolute Gasteiger partial charge is 0.383 e. The maximum atomic E-state index is 5.67. The topological polar surface area (TPSA) is 77.8 Å². The molecule has 0 atom stereocenters.